The molecule has 142 valence electrons. The van der Waals surface area contributed by atoms with Crippen molar-refractivity contribution in [3.63, 3.8) is 0 Å². The van der Waals surface area contributed by atoms with Gasteiger partial charge in [0.15, 0.2) is 0 Å². The summed E-state index contributed by atoms with van der Waals surface area (Å²) in [5.74, 6) is 1.28. The van der Waals surface area contributed by atoms with Gasteiger partial charge in [-0.3, -0.25) is 5.43 Å². The molecule has 2 amide bonds. The first-order chi connectivity index (χ1) is 13.8. The van der Waals surface area contributed by atoms with Crippen LogP contribution in [0.5, 0.6) is 0 Å². The molecule has 0 saturated heterocycles. The predicted molar refractivity (Wildman–Crippen MR) is 106 cm³/mol. The minimum atomic E-state index is -0.371. The van der Waals surface area contributed by atoms with E-state index < -0.39 is 0 Å². The van der Waals surface area contributed by atoms with Crippen LogP contribution in [0.1, 0.15) is 16.7 Å². The number of anilines is 2. The maximum Gasteiger partial charge on any atom is 0.333 e. The van der Waals surface area contributed by atoms with E-state index in [-0.39, 0.29) is 6.03 Å². The number of aromatic nitrogens is 3. The summed E-state index contributed by atoms with van der Waals surface area (Å²) >= 11 is 0. The third kappa shape index (κ3) is 4.35. The Bertz CT molecular complexity index is 931. The normalized spacial score (nSPS) is 12.8. The lowest BCUT2D eigenvalue weighted by atomic mass is 10.00. The minimum absolute atomic E-state index is 0.326. The lowest BCUT2D eigenvalue weighted by Crippen LogP contribution is -2.39. The smallest absolute Gasteiger partial charge is 0.333 e. The molecule has 3 heterocycles. The summed E-state index contributed by atoms with van der Waals surface area (Å²) in [5.41, 5.74) is 8.82. The number of rotatable bonds is 5. The number of nitrogens with one attached hydrogen (secondary N) is 3. The van der Waals surface area contributed by atoms with Gasteiger partial charge in [0.05, 0.1) is 0 Å². The lowest BCUT2D eigenvalue weighted by molar-refractivity contribution is 0.242. The maximum absolute atomic E-state index is 11.9. The molecule has 0 aliphatic carbocycles. The number of hydrogen-bond donors (Lipinski definition) is 3. The van der Waals surface area contributed by atoms with Gasteiger partial charge in [-0.15, -0.1) is 0 Å². The maximum atomic E-state index is 11.9. The molecule has 0 unspecified atom stereocenters. The fraction of sp³-hybridized carbons (Fsp3) is 0.200. The standard InChI is InChI=1S/C20H21N7O/c28-20(26-25-19-21-9-3-10-22-19)24-13-15-6-7-18(23-12-15)27-11-8-16-4-1-2-5-17(16)14-27/h1-7,9-10,12H,8,11,13-14H2,(H,21,22,25)(H2,24,26,28). The molecule has 4 rings (SSSR count). The summed E-state index contributed by atoms with van der Waals surface area (Å²) in [4.78, 5) is 26.6. The van der Waals surface area contributed by atoms with Crippen LogP contribution in [0.2, 0.25) is 0 Å². The van der Waals surface area contributed by atoms with Gasteiger partial charge in [0.1, 0.15) is 5.82 Å². The van der Waals surface area contributed by atoms with Gasteiger partial charge in [0.25, 0.3) is 0 Å². The van der Waals surface area contributed by atoms with Crippen LogP contribution in [0.15, 0.2) is 61.1 Å². The average molecular weight is 375 g/mol. The molecule has 3 aromatic rings. The van der Waals surface area contributed by atoms with Gasteiger partial charge >= 0.3 is 6.03 Å². The van der Waals surface area contributed by atoms with Gasteiger partial charge in [0.2, 0.25) is 5.95 Å². The van der Waals surface area contributed by atoms with Crippen molar-refractivity contribution in [1.82, 2.24) is 25.7 Å². The molecule has 0 saturated carbocycles. The SMILES string of the molecule is O=C(NCc1ccc(N2CCc3ccccc3C2)nc1)NNc1ncccn1. The van der Waals surface area contributed by atoms with E-state index in [1.54, 1.807) is 24.7 Å². The van der Waals surface area contributed by atoms with Crippen LogP contribution in [0, 0.1) is 0 Å². The first-order valence-electron chi connectivity index (χ1n) is 9.11. The van der Waals surface area contributed by atoms with Crippen molar-refractivity contribution in [3.8, 4) is 0 Å². The monoisotopic (exact) mass is 375 g/mol. The zero-order valence-corrected chi connectivity index (χ0v) is 15.3. The van der Waals surface area contributed by atoms with Gasteiger partial charge < -0.3 is 10.2 Å². The number of nitrogens with zero attached hydrogens (tertiary/aromatic N) is 4. The summed E-state index contributed by atoms with van der Waals surface area (Å²) in [6.45, 7) is 2.20. The van der Waals surface area contributed by atoms with Crippen molar-refractivity contribution in [1.29, 1.82) is 0 Å². The van der Waals surface area contributed by atoms with Crippen LogP contribution in [-0.2, 0) is 19.5 Å². The highest BCUT2D eigenvalue weighted by Crippen LogP contribution is 2.22. The molecule has 8 heteroatoms. The average Bonchev–Trinajstić information content (AvgIpc) is 2.77. The first kappa shape index (κ1) is 17.7. The van der Waals surface area contributed by atoms with Gasteiger partial charge in [-0.05, 0) is 35.2 Å². The Morgan fingerprint density at radius 3 is 2.61 bits per heavy atom. The molecule has 0 bridgehead atoms. The topological polar surface area (TPSA) is 95.1 Å². The Hall–Kier alpha value is -3.68. The number of benzene rings is 1. The quantitative estimate of drug-likeness (QED) is 0.592. The van der Waals surface area contributed by atoms with Gasteiger partial charge in [-0.2, -0.15) is 0 Å². The zero-order valence-electron chi connectivity index (χ0n) is 15.3. The highest BCUT2D eigenvalue weighted by Gasteiger charge is 2.16. The van der Waals surface area contributed by atoms with Crippen LogP contribution in [0.3, 0.4) is 0 Å². The highest BCUT2D eigenvalue weighted by atomic mass is 16.2. The van der Waals surface area contributed by atoms with Crippen molar-refractivity contribution in [2.24, 2.45) is 0 Å². The van der Waals surface area contributed by atoms with E-state index in [4.69, 9.17) is 0 Å². The van der Waals surface area contributed by atoms with Crippen LogP contribution < -0.4 is 21.1 Å². The fourth-order valence-corrected chi connectivity index (χ4v) is 3.10. The molecular formula is C20H21N7O. The van der Waals surface area contributed by atoms with Crippen LogP contribution >= 0.6 is 0 Å². The van der Waals surface area contributed by atoms with E-state index in [1.807, 2.05) is 12.1 Å². The second kappa shape index (κ2) is 8.34. The van der Waals surface area contributed by atoms with Gasteiger partial charge in [-0.1, -0.05) is 30.3 Å². The third-order valence-electron chi connectivity index (χ3n) is 4.57. The molecule has 1 aliphatic rings. The Morgan fingerprint density at radius 1 is 1.00 bits per heavy atom. The molecule has 1 aliphatic heterocycles. The summed E-state index contributed by atoms with van der Waals surface area (Å²) in [5, 5.41) is 2.76. The predicted octanol–water partition coefficient (Wildman–Crippen LogP) is 2.26. The van der Waals surface area contributed by atoms with Crippen molar-refractivity contribution in [2.75, 3.05) is 16.9 Å². The van der Waals surface area contributed by atoms with Crippen molar-refractivity contribution in [3.05, 3.63) is 77.7 Å². The Kier molecular flexibility index (Phi) is 5.28. The number of hydrogen-bond acceptors (Lipinski definition) is 6. The van der Waals surface area contributed by atoms with Gasteiger partial charge in [0, 0.05) is 38.2 Å². The number of pyridine rings is 1. The number of fused-ring (bicyclic) bond motifs is 1. The van der Waals surface area contributed by atoms with E-state index >= 15 is 0 Å². The van der Waals surface area contributed by atoms with Crippen LogP contribution in [0.25, 0.3) is 0 Å². The number of carbonyl (C=O) groups is 1. The number of urea groups is 1. The minimum Gasteiger partial charge on any atom is -0.352 e. The number of hydrazine groups is 1. The molecule has 0 atom stereocenters. The molecule has 3 N–H and O–H groups in total. The van der Waals surface area contributed by atoms with Gasteiger partial charge in [-0.25, -0.2) is 25.2 Å². The number of amides is 2. The molecule has 0 spiro atoms. The second-order valence-corrected chi connectivity index (χ2v) is 6.47. The second-order valence-electron chi connectivity index (χ2n) is 6.47. The Balaban J connectivity index is 1.27. The summed E-state index contributed by atoms with van der Waals surface area (Å²) in [6.07, 6.45) is 6.00. The molecule has 1 aromatic carbocycles. The van der Waals surface area contributed by atoms with Crippen molar-refractivity contribution >= 4 is 17.8 Å². The van der Waals surface area contributed by atoms with Crippen molar-refractivity contribution < 1.29 is 4.79 Å². The molecule has 0 radical (unpaired) electrons. The Labute approximate surface area is 163 Å². The van der Waals surface area contributed by atoms with E-state index in [1.165, 1.54) is 11.1 Å². The molecule has 0 fully saturated rings. The summed E-state index contributed by atoms with van der Waals surface area (Å²) in [6, 6.07) is 13.8. The molecule has 2 aromatic heterocycles. The largest absolute Gasteiger partial charge is 0.352 e. The van der Waals surface area contributed by atoms with E-state index in [0.717, 1.165) is 30.9 Å². The first-order valence-corrected chi connectivity index (χ1v) is 9.11. The van der Waals surface area contributed by atoms with Crippen LogP contribution in [-0.4, -0.2) is 27.5 Å². The third-order valence-corrected chi connectivity index (χ3v) is 4.57. The molecule has 8 nitrogen and oxygen atoms in total. The fourth-order valence-electron chi connectivity index (χ4n) is 3.10. The van der Waals surface area contributed by atoms with E-state index in [2.05, 4.69) is 60.3 Å². The van der Waals surface area contributed by atoms with Crippen LogP contribution in [0.4, 0.5) is 16.6 Å². The van der Waals surface area contributed by atoms with E-state index in [0.29, 0.717) is 12.5 Å². The molecular weight excluding hydrogens is 354 g/mol. The molecule has 28 heavy (non-hydrogen) atoms. The highest BCUT2D eigenvalue weighted by molar-refractivity contribution is 5.74. The number of carbonyl (C=O) groups excluding carboxylic acids is 1. The Morgan fingerprint density at radius 2 is 1.82 bits per heavy atom. The van der Waals surface area contributed by atoms with E-state index in [9.17, 15) is 4.79 Å². The summed E-state index contributed by atoms with van der Waals surface area (Å²) < 4.78 is 0. The van der Waals surface area contributed by atoms with Crippen molar-refractivity contribution in [2.45, 2.75) is 19.5 Å². The summed E-state index contributed by atoms with van der Waals surface area (Å²) in [7, 11) is 0. The lowest BCUT2D eigenvalue weighted by Gasteiger charge is -2.29. The zero-order chi connectivity index (χ0) is 19.2.